The number of nitrogens with zero attached hydrogens (tertiary/aromatic N) is 3. The maximum absolute atomic E-state index is 12.3. The van der Waals surface area contributed by atoms with E-state index < -0.39 is 4.92 Å². The molecule has 1 aromatic carbocycles. The van der Waals surface area contributed by atoms with Crippen molar-refractivity contribution in [3.8, 4) is 11.5 Å². The number of hydrogen-bond acceptors (Lipinski definition) is 6. The number of fused-ring (bicyclic) bond motifs is 1. The fourth-order valence-corrected chi connectivity index (χ4v) is 3.01. The fourth-order valence-electron chi connectivity index (χ4n) is 3.01. The van der Waals surface area contributed by atoms with Gasteiger partial charge in [0.2, 0.25) is 12.7 Å². The normalized spacial score (nSPS) is 17.2. The van der Waals surface area contributed by atoms with Crippen LogP contribution in [0.1, 0.15) is 18.9 Å². The van der Waals surface area contributed by atoms with E-state index in [1.54, 1.807) is 4.90 Å². The van der Waals surface area contributed by atoms with Crippen LogP contribution in [0.5, 0.6) is 11.5 Å². The molecule has 1 saturated heterocycles. The van der Waals surface area contributed by atoms with E-state index in [0.29, 0.717) is 30.2 Å². The van der Waals surface area contributed by atoms with Crippen LogP contribution in [0, 0.1) is 10.1 Å². The minimum absolute atomic E-state index is 0.0423. The summed E-state index contributed by atoms with van der Waals surface area (Å²) in [6, 6.07) is 2.86. The summed E-state index contributed by atoms with van der Waals surface area (Å²) in [7, 11) is 0. The molecule has 0 aromatic heterocycles. The number of amides is 1. The summed E-state index contributed by atoms with van der Waals surface area (Å²) in [5.74, 6) is 0.663. The number of benzene rings is 1. The van der Waals surface area contributed by atoms with Crippen LogP contribution in [0.4, 0.5) is 5.69 Å². The van der Waals surface area contributed by atoms with E-state index in [2.05, 4.69) is 11.8 Å². The molecule has 2 aliphatic rings. The van der Waals surface area contributed by atoms with E-state index >= 15 is 0 Å². The average Bonchev–Trinajstić information content (AvgIpc) is 3.07. The van der Waals surface area contributed by atoms with Gasteiger partial charge in [0.15, 0.2) is 11.5 Å². The zero-order valence-electron chi connectivity index (χ0n) is 14.1. The number of carbonyl (C=O) groups excluding carboxylic acids is 1. The van der Waals surface area contributed by atoms with Crippen molar-refractivity contribution in [2.24, 2.45) is 0 Å². The van der Waals surface area contributed by atoms with Crippen LogP contribution < -0.4 is 9.47 Å². The highest BCUT2D eigenvalue weighted by Crippen LogP contribution is 2.38. The quantitative estimate of drug-likeness (QED) is 0.459. The first-order chi connectivity index (χ1) is 12.1. The number of ether oxygens (including phenoxy) is 2. The van der Waals surface area contributed by atoms with Gasteiger partial charge in [0.25, 0.3) is 5.69 Å². The topological polar surface area (TPSA) is 85.2 Å². The highest BCUT2D eigenvalue weighted by Gasteiger charge is 2.23. The number of rotatable bonds is 5. The fraction of sp³-hybridized carbons (Fsp3) is 0.471. The highest BCUT2D eigenvalue weighted by molar-refractivity contribution is 5.92. The molecule has 2 heterocycles. The van der Waals surface area contributed by atoms with Crippen molar-refractivity contribution in [2.45, 2.75) is 13.3 Å². The summed E-state index contributed by atoms with van der Waals surface area (Å²) < 4.78 is 10.4. The van der Waals surface area contributed by atoms with Gasteiger partial charge in [-0.1, -0.05) is 6.92 Å². The second-order valence-corrected chi connectivity index (χ2v) is 6.02. The summed E-state index contributed by atoms with van der Waals surface area (Å²) in [5, 5.41) is 11.2. The van der Waals surface area contributed by atoms with Crippen LogP contribution in [-0.2, 0) is 4.79 Å². The predicted molar refractivity (Wildman–Crippen MR) is 91.6 cm³/mol. The number of nitro benzene ring substituents is 1. The highest BCUT2D eigenvalue weighted by atomic mass is 16.7. The standard InChI is InChI=1S/C17H21N3O5/c1-2-5-18-6-8-19(9-7-18)17(21)4-3-13-10-15-16(25-12-24-15)11-14(13)20(22)23/h3-4,10-11H,2,5-9,12H2,1H3/b4-3+. The Morgan fingerprint density at radius 2 is 1.92 bits per heavy atom. The van der Waals surface area contributed by atoms with Gasteiger partial charge in [0.05, 0.1) is 16.6 Å². The number of nitro groups is 1. The van der Waals surface area contributed by atoms with Crippen molar-refractivity contribution < 1.29 is 19.2 Å². The Hall–Kier alpha value is -2.61. The first-order valence-electron chi connectivity index (χ1n) is 8.36. The van der Waals surface area contributed by atoms with Crippen molar-refractivity contribution >= 4 is 17.7 Å². The van der Waals surface area contributed by atoms with Crippen LogP contribution >= 0.6 is 0 Å². The minimum atomic E-state index is -0.490. The first kappa shape index (κ1) is 17.2. The van der Waals surface area contributed by atoms with Crippen LogP contribution in [0.15, 0.2) is 18.2 Å². The largest absolute Gasteiger partial charge is 0.454 e. The Morgan fingerprint density at radius 3 is 2.56 bits per heavy atom. The second-order valence-electron chi connectivity index (χ2n) is 6.02. The molecule has 0 radical (unpaired) electrons. The van der Waals surface area contributed by atoms with E-state index in [9.17, 15) is 14.9 Å². The monoisotopic (exact) mass is 347 g/mol. The predicted octanol–water partition coefficient (Wildman–Crippen LogP) is 1.89. The maximum Gasteiger partial charge on any atom is 0.280 e. The lowest BCUT2D eigenvalue weighted by molar-refractivity contribution is -0.385. The molecule has 8 nitrogen and oxygen atoms in total. The molecule has 0 aliphatic carbocycles. The van der Waals surface area contributed by atoms with Crippen molar-refractivity contribution in [1.82, 2.24) is 9.80 Å². The van der Waals surface area contributed by atoms with E-state index in [-0.39, 0.29) is 18.4 Å². The Bertz CT molecular complexity index is 696. The lowest BCUT2D eigenvalue weighted by atomic mass is 10.1. The van der Waals surface area contributed by atoms with Crippen LogP contribution in [-0.4, -0.2) is 60.1 Å². The van der Waals surface area contributed by atoms with E-state index in [1.807, 2.05) is 0 Å². The van der Waals surface area contributed by atoms with Gasteiger partial charge < -0.3 is 14.4 Å². The number of piperazine rings is 1. The zero-order valence-corrected chi connectivity index (χ0v) is 14.1. The molecule has 3 rings (SSSR count). The second kappa shape index (κ2) is 7.52. The minimum Gasteiger partial charge on any atom is -0.454 e. The molecule has 1 aromatic rings. The lowest BCUT2D eigenvalue weighted by Crippen LogP contribution is -2.48. The average molecular weight is 347 g/mol. The molecule has 1 fully saturated rings. The SMILES string of the molecule is CCCN1CCN(C(=O)/C=C/c2cc3c(cc2[N+](=O)[O-])OCO3)CC1. The summed E-state index contributed by atoms with van der Waals surface area (Å²) in [4.78, 5) is 27.2. The molecule has 2 aliphatic heterocycles. The Kier molecular flexibility index (Phi) is 5.18. The molecular weight excluding hydrogens is 326 g/mol. The van der Waals surface area contributed by atoms with Crippen LogP contribution in [0.25, 0.3) is 6.08 Å². The zero-order chi connectivity index (χ0) is 17.8. The molecule has 134 valence electrons. The maximum atomic E-state index is 12.3. The third-order valence-electron chi connectivity index (χ3n) is 4.35. The Balaban J connectivity index is 1.69. The van der Waals surface area contributed by atoms with Crippen molar-refractivity contribution in [3.05, 3.63) is 33.9 Å². The molecule has 0 N–H and O–H groups in total. The van der Waals surface area contributed by atoms with Crippen LogP contribution in [0.3, 0.4) is 0 Å². The van der Waals surface area contributed by atoms with Gasteiger partial charge in [-0.05, 0) is 25.1 Å². The molecule has 8 heteroatoms. The summed E-state index contributed by atoms with van der Waals surface area (Å²) in [6.07, 6.45) is 3.96. The van der Waals surface area contributed by atoms with Gasteiger partial charge >= 0.3 is 0 Å². The Labute approximate surface area is 145 Å². The number of hydrogen-bond donors (Lipinski definition) is 0. The van der Waals surface area contributed by atoms with Gasteiger partial charge in [0, 0.05) is 32.3 Å². The van der Waals surface area contributed by atoms with E-state index in [4.69, 9.17) is 9.47 Å². The molecule has 1 amide bonds. The van der Waals surface area contributed by atoms with Gasteiger partial charge in [-0.15, -0.1) is 0 Å². The van der Waals surface area contributed by atoms with Gasteiger partial charge in [-0.2, -0.15) is 0 Å². The van der Waals surface area contributed by atoms with Crippen molar-refractivity contribution in [3.63, 3.8) is 0 Å². The van der Waals surface area contributed by atoms with Gasteiger partial charge in [-0.25, -0.2) is 0 Å². The summed E-state index contributed by atoms with van der Waals surface area (Å²) in [5.41, 5.74) is 0.216. The molecule has 0 bridgehead atoms. The number of carbonyl (C=O) groups is 1. The van der Waals surface area contributed by atoms with Crippen molar-refractivity contribution in [1.29, 1.82) is 0 Å². The smallest absolute Gasteiger partial charge is 0.280 e. The van der Waals surface area contributed by atoms with Crippen molar-refractivity contribution in [2.75, 3.05) is 39.5 Å². The molecule has 0 spiro atoms. The summed E-state index contributed by atoms with van der Waals surface area (Å²) in [6.45, 7) is 6.29. The molecule has 0 unspecified atom stereocenters. The van der Waals surface area contributed by atoms with Gasteiger partial charge in [0.1, 0.15) is 0 Å². The van der Waals surface area contributed by atoms with Crippen LogP contribution in [0.2, 0.25) is 0 Å². The lowest BCUT2D eigenvalue weighted by Gasteiger charge is -2.34. The molecule has 25 heavy (non-hydrogen) atoms. The third kappa shape index (κ3) is 3.90. The first-order valence-corrected chi connectivity index (χ1v) is 8.36. The third-order valence-corrected chi connectivity index (χ3v) is 4.35. The Morgan fingerprint density at radius 1 is 1.24 bits per heavy atom. The van der Waals surface area contributed by atoms with Gasteiger partial charge in [-0.3, -0.25) is 19.8 Å². The molecule has 0 atom stereocenters. The molecule has 0 saturated carbocycles. The van der Waals surface area contributed by atoms with E-state index in [0.717, 1.165) is 26.1 Å². The molecular formula is C17H21N3O5. The summed E-state index contributed by atoms with van der Waals surface area (Å²) >= 11 is 0. The van der Waals surface area contributed by atoms with E-state index in [1.165, 1.54) is 24.3 Å².